The fourth-order valence-electron chi connectivity index (χ4n) is 0.927. The van der Waals surface area contributed by atoms with Gasteiger partial charge in [0.05, 0.1) is 12.9 Å². The van der Waals surface area contributed by atoms with Gasteiger partial charge in [0.25, 0.3) is 0 Å². The van der Waals surface area contributed by atoms with Gasteiger partial charge in [-0.2, -0.15) is 0 Å². The van der Waals surface area contributed by atoms with Crippen molar-refractivity contribution < 1.29 is 14.6 Å². The van der Waals surface area contributed by atoms with Gasteiger partial charge in [0, 0.05) is 12.0 Å². The van der Waals surface area contributed by atoms with E-state index in [9.17, 15) is 4.79 Å². The Bertz CT molecular complexity index is 225. The van der Waals surface area contributed by atoms with Crippen LogP contribution in [0.25, 0.3) is 0 Å². The smallest absolute Gasteiger partial charge is 0.333 e. The molecule has 0 saturated heterocycles. The van der Waals surface area contributed by atoms with Gasteiger partial charge >= 0.3 is 5.97 Å². The van der Waals surface area contributed by atoms with E-state index in [4.69, 9.17) is 5.11 Å². The molecule has 60 valence electrons. The maximum atomic E-state index is 10.9. The van der Waals surface area contributed by atoms with Gasteiger partial charge in [-0.15, -0.1) is 0 Å². The third kappa shape index (κ3) is 1.83. The summed E-state index contributed by atoms with van der Waals surface area (Å²) < 4.78 is 4.51. The van der Waals surface area contributed by atoms with Crippen LogP contribution in [-0.4, -0.2) is 18.2 Å². The van der Waals surface area contributed by atoms with E-state index in [0.29, 0.717) is 24.2 Å². The molecule has 0 saturated carbocycles. The van der Waals surface area contributed by atoms with E-state index in [1.54, 1.807) is 6.08 Å². The third-order valence-electron chi connectivity index (χ3n) is 1.57. The molecule has 1 N–H and O–H groups in total. The van der Waals surface area contributed by atoms with Crippen LogP contribution < -0.4 is 0 Å². The molecule has 0 unspecified atom stereocenters. The number of carbonyl (C=O) groups excluding carboxylic acids is 1. The highest BCUT2D eigenvalue weighted by Crippen LogP contribution is 2.16. The van der Waals surface area contributed by atoms with Gasteiger partial charge in [-0.3, -0.25) is 0 Å². The predicted molar refractivity (Wildman–Crippen MR) is 40.0 cm³/mol. The van der Waals surface area contributed by atoms with Crippen molar-refractivity contribution in [3.05, 3.63) is 23.5 Å². The monoisotopic (exact) mass is 154 g/mol. The van der Waals surface area contributed by atoms with E-state index in [1.807, 2.05) is 0 Å². The molecule has 0 aromatic heterocycles. The van der Waals surface area contributed by atoms with Crippen molar-refractivity contribution in [3.8, 4) is 0 Å². The van der Waals surface area contributed by atoms with E-state index in [0.717, 1.165) is 0 Å². The Morgan fingerprint density at radius 2 is 2.27 bits per heavy atom. The molecule has 1 rings (SSSR count). The largest absolute Gasteiger partial charge is 0.512 e. The molecule has 0 aromatic carbocycles. The Morgan fingerprint density at radius 3 is 2.73 bits per heavy atom. The SMILES string of the molecule is COC(=O)C1=CC=C(O)CC1. The minimum atomic E-state index is -0.311. The molecule has 0 aromatic rings. The second-order valence-electron chi connectivity index (χ2n) is 2.34. The molecule has 0 radical (unpaired) electrons. The number of ether oxygens (including phenoxy) is 1. The Balaban J connectivity index is 2.68. The van der Waals surface area contributed by atoms with E-state index in [1.165, 1.54) is 13.2 Å². The average molecular weight is 154 g/mol. The zero-order valence-electron chi connectivity index (χ0n) is 6.33. The van der Waals surface area contributed by atoms with Crippen LogP contribution in [0.4, 0.5) is 0 Å². The molecule has 0 fully saturated rings. The van der Waals surface area contributed by atoms with Crippen molar-refractivity contribution in [1.29, 1.82) is 0 Å². The molecular formula is C8H10O3. The lowest BCUT2D eigenvalue weighted by atomic mass is 10.0. The normalized spacial score (nSPS) is 16.8. The van der Waals surface area contributed by atoms with Crippen LogP contribution in [0.5, 0.6) is 0 Å². The Kier molecular flexibility index (Phi) is 2.31. The lowest BCUT2D eigenvalue weighted by Gasteiger charge is -2.07. The first-order valence-electron chi connectivity index (χ1n) is 3.41. The molecule has 0 atom stereocenters. The molecule has 1 aliphatic rings. The summed E-state index contributed by atoms with van der Waals surface area (Å²) in [7, 11) is 1.35. The van der Waals surface area contributed by atoms with Crippen LogP contribution in [0.15, 0.2) is 23.5 Å². The summed E-state index contributed by atoms with van der Waals surface area (Å²) in [5.74, 6) is 0.00593. The van der Waals surface area contributed by atoms with E-state index in [-0.39, 0.29) is 5.97 Å². The van der Waals surface area contributed by atoms with Crippen LogP contribution in [0.1, 0.15) is 12.8 Å². The molecule has 0 amide bonds. The summed E-state index contributed by atoms with van der Waals surface area (Å²) >= 11 is 0. The predicted octanol–water partition coefficient (Wildman–Crippen LogP) is 1.32. The second-order valence-corrected chi connectivity index (χ2v) is 2.34. The standard InChI is InChI=1S/C8H10O3/c1-11-8(10)6-2-4-7(9)5-3-6/h2,4,9H,3,5H2,1H3. The first kappa shape index (κ1) is 7.85. The molecule has 0 spiro atoms. The molecule has 11 heavy (non-hydrogen) atoms. The third-order valence-corrected chi connectivity index (χ3v) is 1.57. The van der Waals surface area contributed by atoms with Crippen LogP contribution >= 0.6 is 0 Å². The van der Waals surface area contributed by atoms with Gasteiger partial charge in [-0.1, -0.05) is 0 Å². The Labute approximate surface area is 65.0 Å². The number of aliphatic hydroxyl groups is 1. The van der Waals surface area contributed by atoms with E-state index in [2.05, 4.69) is 4.74 Å². The van der Waals surface area contributed by atoms with E-state index < -0.39 is 0 Å². The summed E-state index contributed by atoms with van der Waals surface area (Å²) in [6, 6.07) is 0. The van der Waals surface area contributed by atoms with E-state index >= 15 is 0 Å². The van der Waals surface area contributed by atoms with Gasteiger partial charge in [-0.25, -0.2) is 4.79 Å². The first-order valence-corrected chi connectivity index (χ1v) is 3.41. The number of esters is 1. The summed E-state index contributed by atoms with van der Waals surface area (Å²) in [4.78, 5) is 10.9. The quantitative estimate of drug-likeness (QED) is 0.579. The minimum absolute atomic E-state index is 0.311. The number of carbonyl (C=O) groups is 1. The van der Waals surface area contributed by atoms with Gasteiger partial charge in [-0.05, 0) is 18.6 Å². The molecule has 0 bridgehead atoms. The van der Waals surface area contributed by atoms with Crippen molar-refractivity contribution >= 4 is 5.97 Å². The second kappa shape index (κ2) is 3.23. The highest BCUT2D eigenvalue weighted by Gasteiger charge is 2.12. The van der Waals surface area contributed by atoms with Gasteiger partial charge in [0.15, 0.2) is 0 Å². The number of rotatable bonds is 1. The first-order chi connectivity index (χ1) is 5.24. The number of aliphatic hydroxyl groups excluding tert-OH is 1. The molecular weight excluding hydrogens is 144 g/mol. The lowest BCUT2D eigenvalue weighted by molar-refractivity contribution is -0.136. The zero-order chi connectivity index (χ0) is 8.27. The average Bonchev–Trinajstić information content (AvgIpc) is 2.05. The minimum Gasteiger partial charge on any atom is -0.512 e. The van der Waals surface area contributed by atoms with Crippen LogP contribution in [-0.2, 0) is 9.53 Å². The Morgan fingerprint density at radius 1 is 1.55 bits per heavy atom. The fourth-order valence-corrected chi connectivity index (χ4v) is 0.927. The summed E-state index contributed by atoms with van der Waals surface area (Å²) in [5, 5.41) is 8.95. The van der Waals surface area contributed by atoms with Crippen molar-refractivity contribution in [2.24, 2.45) is 0 Å². The topological polar surface area (TPSA) is 46.5 Å². The van der Waals surface area contributed by atoms with Crippen LogP contribution in [0.2, 0.25) is 0 Å². The summed E-state index contributed by atoms with van der Waals surface area (Å²) in [6.45, 7) is 0. The van der Waals surface area contributed by atoms with Crippen LogP contribution in [0, 0.1) is 0 Å². The Hall–Kier alpha value is -1.25. The maximum absolute atomic E-state index is 10.9. The lowest BCUT2D eigenvalue weighted by Crippen LogP contribution is -2.07. The highest BCUT2D eigenvalue weighted by atomic mass is 16.5. The van der Waals surface area contributed by atoms with Crippen molar-refractivity contribution in [3.63, 3.8) is 0 Å². The van der Waals surface area contributed by atoms with Crippen molar-refractivity contribution in [2.75, 3.05) is 7.11 Å². The number of hydrogen-bond donors (Lipinski definition) is 1. The fraction of sp³-hybridized carbons (Fsp3) is 0.375. The van der Waals surface area contributed by atoms with Gasteiger partial charge in [0.2, 0.25) is 0 Å². The number of methoxy groups -OCH3 is 1. The zero-order valence-corrected chi connectivity index (χ0v) is 6.33. The maximum Gasteiger partial charge on any atom is 0.333 e. The van der Waals surface area contributed by atoms with Gasteiger partial charge < -0.3 is 9.84 Å². The summed E-state index contributed by atoms with van der Waals surface area (Å²) in [5.41, 5.74) is 0.616. The molecule has 0 heterocycles. The molecule has 3 heteroatoms. The van der Waals surface area contributed by atoms with Crippen molar-refractivity contribution in [1.82, 2.24) is 0 Å². The summed E-state index contributed by atoms with van der Waals surface area (Å²) in [6.07, 6.45) is 4.20. The van der Waals surface area contributed by atoms with Crippen LogP contribution in [0.3, 0.4) is 0 Å². The number of hydrogen-bond acceptors (Lipinski definition) is 3. The highest BCUT2D eigenvalue weighted by molar-refractivity contribution is 5.88. The van der Waals surface area contributed by atoms with Gasteiger partial charge in [0.1, 0.15) is 0 Å². The molecule has 0 aliphatic heterocycles. The van der Waals surface area contributed by atoms with Crippen molar-refractivity contribution in [2.45, 2.75) is 12.8 Å². The number of allylic oxidation sites excluding steroid dienone is 3. The molecule has 1 aliphatic carbocycles. The molecule has 3 nitrogen and oxygen atoms in total.